The molecule has 0 unspecified atom stereocenters. The molecule has 0 aliphatic carbocycles. The molecule has 0 saturated carbocycles. The van der Waals surface area contributed by atoms with E-state index in [9.17, 15) is 12.8 Å². The topological polar surface area (TPSA) is 49.4 Å². The highest BCUT2D eigenvalue weighted by Crippen LogP contribution is 2.31. The zero-order valence-electron chi connectivity index (χ0n) is 10.1. The maximum absolute atomic E-state index is 13.1. The van der Waals surface area contributed by atoms with Crippen LogP contribution in [0.25, 0.3) is 0 Å². The fourth-order valence-corrected chi connectivity index (χ4v) is 4.62. The van der Waals surface area contributed by atoms with Gasteiger partial charge in [-0.1, -0.05) is 11.6 Å². The van der Waals surface area contributed by atoms with Gasteiger partial charge >= 0.3 is 0 Å². The number of nitrogens with one attached hydrogen (secondary N) is 1. The van der Waals surface area contributed by atoms with Gasteiger partial charge in [0.2, 0.25) is 10.0 Å². The fourth-order valence-electron chi connectivity index (χ4n) is 2.79. The van der Waals surface area contributed by atoms with E-state index in [4.69, 9.17) is 11.6 Å². The maximum Gasteiger partial charge on any atom is 0.243 e. The number of benzene rings is 1. The van der Waals surface area contributed by atoms with Gasteiger partial charge < -0.3 is 5.32 Å². The molecule has 0 bridgehead atoms. The zero-order valence-corrected chi connectivity index (χ0v) is 11.7. The van der Waals surface area contributed by atoms with E-state index in [0.29, 0.717) is 24.9 Å². The van der Waals surface area contributed by atoms with Crippen molar-refractivity contribution < 1.29 is 12.8 Å². The molecule has 2 atom stereocenters. The van der Waals surface area contributed by atoms with Crippen LogP contribution in [0.1, 0.15) is 0 Å². The molecule has 2 aliphatic heterocycles. The molecular weight excluding hydrogens is 291 g/mol. The van der Waals surface area contributed by atoms with E-state index in [1.54, 1.807) is 0 Å². The predicted octanol–water partition coefficient (Wildman–Crippen LogP) is 1.32. The van der Waals surface area contributed by atoms with Gasteiger partial charge in [-0.25, -0.2) is 12.8 Å². The molecule has 7 heteroatoms. The van der Waals surface area contributed by atoms with E-state index >= 15 is 0 Å². The van der Waals surface area contributed by atoms with Crippen molar-refractivity contribution in [1.82, 2.24) is 9.62 Å². The van der Waals surface area contributed by atoms with Crippen molar-refractivity contribution in [3.8, 4) is 0 Å². The first-order chi connectivity index (χ1) is 8.98. The van der Waals surface area contributed by atoms with Gasteiger partial charge in [0.25, 0.3) is 0 Å². The van der Waals surface area contributed by atoms with Crippen molar-refractivity contribution in [2.24, 2.45) is 11.8 Å². The number of fused-ring (bicyclic) bond motifs is 1. The molecule has 0 aromatic heterocycles. The number of hydrogen-bond donors (Lipinski definition) is 1. The number of nitrogens with zero attached hydrogens (tertiary/aromatic N) is 1. The van der Waals surface area contributed by atoms with E-state index in [2.05, 4.69) is 5.32 Å². The Morgan fingerprint density at radius 3 is 2.47 bits per heavy atom. The van der Waals surface area contributed by atoms with Crippen LogP contribution in [0.15, 0.2) is 23.1 Å². The lowest BCUT2D eigenvalue weighted by Gasteiger charge is -2.17. The van der Waals surface area contributed by atoms with E-state index in [1.807, 2.05) is 0 Å². The van der Waals surface area contributed by atoms with Crippen molar-refractivity contribution in [2.75, 3.05) is 26.2 Å². The van der Waals surface area contributed by atoms with Gasteiger partial charge in [0, 0.05) is 13.1 Å². The van der Waals surface area contributed by atoms with E-state index < -0.39 is 15.8 Å². The van der Waals surface area contributed by atoms with Crippen LogP contribution in [-0.4, -0.2) is 38.9 Å². The molecule has 2 fully saturated rings. The quantitative estimate of drug-likeness (QED) is 0.896. The highest BCUT2D eigenvalue weighted by Gasteiger charge is 2.41. The number of hydrogen-bond acceptors (Lipinski definition) is 3. The second kappa shape index (κ2) is 4.70. The van der Waals surface area contributed by atoms with E-state index in [-0.39, 0.29) is 9.92 Å². The highest BCUT2D eigenvalue weighted by molar-refractivity contribution is 7.89. The first kappa shape index (κ1) is 13.3. The van der Waals surface area contributed by atoms with Crippen LogP contribution < -0.4 is 5.32 Å². The monoisotopic (exact) mass is 304 g/mol. The molecule has 104 valence electrons. The van der Waals surface area contributed by atoms with Gasteiger partial charge in [0.1, 0.15) is 5.82 Å². The van der Waals surface area contributed by atoms with Crippen LogP contribution in [0.2, 0.25) is 5.02 Å². The minimum absolute atomic E-state index is 0.0619. The Balaban J connectivity index is 1.88. The average Bonchev–Trinajstić information content (AvgIpc) is 2.93. The lowest BCUT2D eigenvalue weighted by Crippen LogP contribution is -2.32. The first-order valence-corrected chi connectivity index (χ1v) is 7.96. The molecule has 19 heavy (non-hydrogen) atoms. The van der Waals surface area contributed by atoms with Gasteiger partial charge in [0.05, 0.1) is 9.92 Å². The summed E-state index contributed by atoms with van der Waals surface area (Å²) >= 11 is 5.65. The molecule has 1 aromatic carbocycles. The SMILES string of the molecule is O=S(=O)(c1ccc(F)c(Cl)c1)N1C[C@H]2CNC[C@H]2C1. The molecule has 4 nitrogen and oxygen atoms in total. The minimum Gasteiger partial charge on any atom is -0.316 e. The molecule has 1 aromatic rings. The van der Waals surface area contributed by atoms with Crippen LogP contribution in [-0.2, 0) is 10.0 Å². The molecule has 0 amide bonds. The zero-order chi connectivity index (χ0) is 13.6. The van der Waals surface area contributed by atoms with Gasteiger partial charge in [-0.15, -0.1) is 0 Å². The van der Waals surface area contributed by atoms with Crippen molar-refractivity contribution in [3.05, 3.63) is 29.0 Å². The largest absolute Gasteiger partial charge is 0.316 e. The second-order valence-electron chi connectivity index (χ2n) is 5.08. The fraction of sp³-hybridized carbons (Fsp3) is 0.500. The Bertz CT molecular complexity index is 596. The molecule has 3 rings (SSSR count). The summed E-state index contributed by atoms with van der Waals surface area (Å²) in [7, 11) is -3.57. The standard InChI is InChI=1S/C12H14ClFN2O2S/c13-11-3-10(1-2-12(11)14)19(17,18)16-6-8-4-15-5-9(8)7-16/h1-3,8-9,15H,4-7H2/t8-,9+. The summed E-state index contributed by atoms with van der Waals surface area (Å²) in [6.45, 7) is 2.77. The Morgan fingerprint density at radius 1 is 1.26 bits per heavy atom. The van der Waals surface area contributed by atoms with E-state index in [0.717, 1.165) is 19.2 Å². The number of halogens is 2. The Kier molecular flexibility index (Phi) is 3.29. The summed E-state index contributed by atoms with van der Waals surface area (Å²) in [4.78, 5) is 0.0619. The van der Waals surface area contributed by atoms with Gasteiger partial charge in [0.15, 0.2) is 0 Å². The molecule has 2 aliphatic rings. The van der Waals surface area contributed by atoms with Crippen LogP contribution in [0.4, 0.5) is 4.39 Å². The summed E-state index contributed by atoms with van der Waals surface area (Å²) in [6.07, 6.45) is 0. The molecule has 2 saturated heterocycles. The summed E-state index contributed by atoms with van der Waals surface area (Å²) < 4.78 is 39.5. The van der Waals surface area contributed by atoms with Crippen molar-refractivity contribution >= 4 is 21.6 Å². The van der Waals surface area contributed by atoms with E-state index in [1.165, 1.54) is 16.4 Å². The Hall–Kier alpha value is -0.690. The molecule has 0 radical (unpaired) electrons. The molecule has 0 spiro atoms. The summed E-state index contributed by atoms with van der Waals surface area (Å²) in [6, 6.07) is 3.54. The van der Waals surface area contributed by atoms with Crippen LogP contribution in [0.5, 0.6) is 0 Å². The third-order valence-corrected chi connectivity index (χ3v) is 6.00. The summed E-state index contributed by atoms with van der Waals surface area (Å²) in [5.41, 5.74) is 0. The smallest absolute Gasteiger partial charge is 0.243 e. The highest BCUT2D eigenvalue weighted by atomic mass is 35.5. The first-order valence-electron chi connectivity index (χ1n) is 6.14. The number of rotatable bonds is 2. The lowest BCUT2D eigenvalue weighted by molar-refractivity contribution is 0.448. The van der Waals surface area contributed by atoms with Gasteiger partial charge in [-0.05, 0) is 43.1 Å². The molecular formula is C12H14ClFN2O2S. The van der Waals surface area contributed by atoms with Crippen LogP contribution in [0.3, 0.4) is 0 Å². The van der Waals surface area contributed by atoms with Gasteiger partial charge in [-0.3, -0.25) is 0 Å². The molecule has 1 N–H and O–H groups in total. The lowest BCUT2D eigenvalue weighted by atomic mass is 10.0. The van der Waals surface area contributed by atoms with Crippen molar-refractivity contribution in [2.45, 2.75) is 4.90 Å². The van der Waals surface area contributed by atoms with Crippen molar-refractivity contribution in [3.63, 3.8) is 0 Å². The number of sulfonamides is 1. The third-order valence-electron chi connectivity index (χ3n) is 3.88. The van der Waals surface area contributed by atoms with Gasteiger partial charge in [-0.2, -0.15) is 4.31 Å². The average molecular weight is 305 g/mol. The van der Waals surface area contributed by atoms with Crippen LogP contribution in [0, 0.1) is 17.7 Å². The minimum atomic E-state index is -3.57. The Morgan fingerprint density at radius 2 is 1.89 bits per heavy atom. The van der Waals surface area contributed by atoms with Crippen LogP contribution >= 0.6 is 11.6 Å². The maximum atomic E-state index is 13.1. The summed E-state index contributed by atoms with van der Waals surface area (Å²) in [5.74, 6) is 0.152. The summed E-state index contributed by atoms with van der Waals surface area (Å²) in [5, 5.41) is 3.10. The predicted molar refractivity (Wildman–Crippen MR) is 70.0 cm³/mol. The third kappa shape index (κ3) is 2.27. The second-order valence-corrected chi connectivity index (χ2v) is 7.42. The Labute approximate surface area is 116 Å². The molecule has 2 heterocycles. The normalized spacial score (nSPS) is 27.7. The van der Waals surface area contributed by atoms with Crippen molar-refractivity contribution in [1.29, 1.82) is 0 Å².